The van der Waals surface area contributed by atoms with Crippen LogP contribution in [0.25, 0.3) is 0 Å². The Bertz CT molecular complexity index is 384. The number of halogens is 1. The molecule has 0 radical (unpaired) electrons. The van der Waals surface area contributed by atoms with Gasteiger partial charge in [-0.1, -0.05) is 22.9 Å². The molecule has 0 aliphatic heterocycles. The molecule has 106 valence electrons. The van der Waals surface area contributed by atoms with Crippen molar-refractivity contribution in [2.75, 3.05) is 23.4 Å². The summed E-state index contributed by atoms with van der Waals surface area (Å²) in [6.07, 6.45) is 1.09. The molecule has 1 unspecified atom stereocenters. The van der Waals surface area contributed by atoms with Crippen molar-refractivity contribution >= 4 is 39.3 Å². The fraction of sp³-hybridized carbons (Fsp3) is 0.500. The lowest BCUT2D eigenvalue weighted by molar-refractivity contribution is -0.115. The van der Waals surface area contributed by atoms with Crippen LogP contribution in [-0.4, -0.2) is 30.0 Å². The molecule has 0 saturated carbocycles. The van der Waals surface area contributed by atoms with Crippen molar-refractivity contribution in [2.24, 2.45) is 0 Å². The maximum Gasteiger partial charge on any atom is 0.238 e. The van der Waals surface area contributed by atoms with Gasteiger partial charge in [0.25, 0.3) is 0 Å². The van der Waals surface area contributed by atoms with E-state index in [1.165, 1.54) is 0 Å². The van der Waals surface area contributed by atoms with Gasteiger partial charge in [-0.05, 0) is 49.1 Å². The third-order valence-corrected chi connectivity index (χ3v) is 4.10. The van der Waals surface area contributed by atoms with E-state index in [1.807, 2.05) is 36.0 Å². The average Bonchev–Trinajstić information content (AvgIpc) is 2.39. The van der Waals surface area contributed by atoms with E-state index in [0.29, 0.717) is 12.6 Å². The number of amides is 1. The van der Waals surface area contributed by atoms with Gasteiger partial charge in [-0.15, -0.1) is 0 Å². The standard InChI is InChI=1S/C14H21BrN2OS/c1-3-19-9-8-11(2)16-10-14(18)17-13-6-4-12(15)5-7-13/h4-7,11,16H,3,8-10H2,1-2H3,(H,17,18). The molecule has 1 rings (SSSR count). The van der Waals surface area contributed by atoms with E-state index in [2.05, 4.69) is 40.4 Å². The largest absolute Gasteiger partial charge is 0.325 e. The van der Waals surface area contributed by atoms with E-state index in [-0.39, 0.29) is 5.91 Å². The average molecular weight is 345 g/mol. The monoisotopic (exact) mass is 344 g/mol. The third kappa shape index (κ3) is 7.60. The Kier molecular flexibility index (Phi) is 8.18. The summed E-state index contributed by atoms with van der Waals surface area (Å²) >= 11 is 5.29. The minimum atomic E-state index is -0.00248. The van der Waals surface area contributed by atoms with Crippen LogP contribution in [0.15, 0.2) is 28.7 Å². The number of hydrogen-bond acceptors (Lipinski definition) is 3. The van der Waals surface area contributed by atoms with Crippen molar-refractivity contribution in [3.8, 4) is 0 Å². The Morgan fingerprint density at radius 3 is 2.68 bits per heavy atom. The van der Waals surface area contributed by atoms with Gasteiger partial charge in [-0.3, -0.25) is 4.79 Å². The van der Waals surface area contributed by atoms with Crippen LogP contribution in [0.1, 0.15) is 20.3 Å². The molecule has 3 nitrogen and oxygen atoms in total. The molecule has 1 aromatic carbocycles. The first-order valence-electron chi connectivity index (χ1n) is 6.48. The molecule has 2 N–H and O–H groups in total. The molecule has 0 aliphatic carbocycles. The number of thioether (sulfide) groups is 1. The van der Waals surface area contributed by atoms with Crippen molar-refractivity contribution in [1.82, 2.24) is 5.32 Å². The Morgan fingerprint density at radius 1 is 1.37 bits per heavy atom. The maximum absolute atomic E-state index is 11.7. The second-order valence-electron chi connectivity index (χ2n) is 4.32. The van der Waals surface area contributed by atoms with Gasteiger partial charge in [0.15, 0.2) is 0 Å². The molecule has 5 heteroatoms. The number of carbonyl (C=O) groups is 1. The van der Waals surface area contributed by atoms with Crippen molar-refractivity contribution in [2.45, 2.75) is 26.3 Å². The van der Waals surface area contributed by atoms with Crippen LogP contribution in [0, 0.1) is 0 Å². The summed E-state index contributed by atoms with van der Waals surface area (Å²) in [6.45, 7) is 4.63. The lowest BCUT2D eigenvalue weighted by Crippen LogP contribution is -2.34. The van der Waals surface area contributed by atoms with Gasteiger partial charge >= 0.3 is 0 Å². The van der Waals surface area contributed by atoms with Crippen LogP contribution in [0.2, 0.25) is 0 Å². The van der Waals surface area contributed by atoms with Crippen LogP contribution < -0.4 is 10.6 Å². The smallest absolute Gasteiger partial charge is 0.238 e. The Balaban J connectivity index is 2.22. The molecule has 0 aliphatic rings. The van der Waals surface area contributed by atoms with E-state index < -0.39 is 0 Å². The minimum Gasteiger partial charge on any atom is -0.325 e. The molecule has 1 atom stereocenters. The first kappa shape index (κ1) is 16.5. The van der Waals surface area contributed by atoms with Crippen LogP contribution >= 0.6 is 27.7 Å². The molecular weight excluding hydrogens is 324 g/mol. The van der Waals surface area contributed by atoms with Crippen molar-refractivity contribution in [1.29, 1.82) is 0 Å². The van der Waals surface area contributed by atoms with Gasteiger partial charge in [0.1, 0.15) is 0 Å². The zero-order valence-electron chi connectivity index (χ0n) is 11.4. The van der Waals surface area contributed by atoms with Crippen LogP contribution in [-0.2, 0) is 4.79 Å². The van der Waals surface area contributed by atoms with Crippen molar-refractivity contribution in [3.63, 3.8) is 0 Å². The van der Waals surface area contributed by atoms with Gasteiger partial charge in [-0.25, -0.2) is 0 Å². The van der Waals surface area contributed by atoms with E-state index in [4.69, 9.17) is 0 Å². The van der Waals surface area contributed by atoms with Crippen LogP contribution in [0.3, 0.4) is 0 Å². The number of carbonyl (C=O) groups excluding carboxylic acids is 1. The summed E-state index contributed by atoms with van der Waals surface area (Å²) in [6, 6.07) is 7.95. The summed E-state index contributed by atoms with van der Waals surface area (Å²) in [5, 5.41) is 6.10. The molecule has 1 aromatic rings. The second-order valence-corrected chi connectivity index (χ2v) is 6.63. The van der Waals surface area contributed by atoms with Crippen molar-refractivity contribution in [3.05, 3.63) is 28.7 Å². The van der Waals surface area contributed by atoms with Crippen LogP contribution in [0.5, 0.6) is 0 Å². The number of nitrogens with one attached hydrogen (secondary N) is 2. The van der Waals surface area contributed by atoms with Gasteiger partial charge in [-0.2, -0.15) is 11.8 Å². The summed E-state index contributed by atoms with van der Waals surface area (Å²) in [7, 11) is 0. The predicted octanol–water partition coefficient (Wildman–Crippen LogP) is 3.51. The van der Waals surface area contributed by atoms with E-state index in [1.54, 1.807) is 0 Å². The number of rotatable bonds is 8. The highest BCUT2D eigenvalue weighted by atomic mass is 79.9. The van der Waals surface area contributed by atoms with Gasteiger partial charge in [0.2, 0.25) is 5.91 Å². The maximum atomic E-state index is 11.7. The summed E-state index contributed by atoms with van der Waals surface area (Å²) in [5.74, 6) is 2.28. The zero-order valence-corrected chi connectivity index (χ0v) is 13.8. The zero-order chi connectivity index (χ0) is 14.1. The molecular formula is C14H21BrN2OS. The quantitative estimate of drug-likeness (QED) is 0.709. The third-order valence-electron chi connectivity index (χ3n) is 2.64. The highest BCUT2D eigenvalue weighted by molar-refractivity contribution is 9.10. The molecule has 0 aromatic heterocycles. The lowest BCUT2D eigenvalue weighted by atomic mass is 10.2. The van der Waals surface area contributed by atoms with Crippen LogP contribution in [0.4, 0.5) is 5.69 Å². The molecule has 0 saturated heterocycles. The molecule has 0 bridgehead atoms. The highest BCUT2D eigenvalue weighted by Crippen LogP contribution is 2.13. The van der Waals surface area contributed by atoms with Gasteiger partial charge < -0.3 is 10.6 Å². The van der Waals surface area contributed by atoms with E-state index >= 15 is 0 Å². The molecule has 0 heterocycles. The lowest BCUT2D eigenvalue weighted by Gasteiger charge is -2.13. The number of anilines is 1. The summed E-state index contributed by atoms with van der Waals surface area (Å²) < 4.78 is 1.01. The fourth-order valence-electron chi connectivity index (χ4n) is 1.51. The van der Waals surface area contributed by atoms with Crippen molar-refractivity contribution < 1.29 is 4.79 Å². The molecule has 1 amide bonds. The predicted molar refractivity (Wildman–Crippen MR) is 87.9 cm³/mol. The Hall–Kier alpha value is -0.520. The molecule has 0 spiro atoms. The molecule has 0 fully saturated rings. The van der Waals surface area contributed by atoms with E-state index in [0.717, 1.165) is 28.1 Å². The van der Waals surface area contributed by atoms with Gasteiger partial charge in [0.05, 0.1) is 6.54 Å². The number of hydrogen-bond donors (Lipinski definition) is 2. The first-order valence-corrected chi connectivity index (χ1v) is 8.43. The SMILES string of the molecule is CCSCCC(C)NCC(=O)Nc1ccc(Br)cc1. The summed E-state index contributed by atoms with van der Waals surface area (Å²) in [5.41, 5.74) is 0.823. The highest BCUT2D eigenvalue weighted by Gasteiger charge is 2.05. The number of benzene rings is 1. The second kappa shape index (κ2) is 9.39. The van der Waals surface area contributed by atoms with Gasteiger partial charge in [0, 0.05) is 16.2 Å². The summed E-state index contributed by atoms with van der Waals surface area (Å²) in [4.78, 5) is 11.7. The Morgan fingerprint density at radius 2 is 2.05 bits per heavy atom. The fourth-order valence-corrected chi connectivity index (χ4v) is 2.59. The Labute approximate surface area is 128 Å². The van der Waals surface area contributed by atoms with E-state index in [9.17, 15) is 4.79 Å². The molecule has 19 heavy (non-hydrogen) atoms. The first-order chi connectivity index (χ1) is 9.11. The topological polar surface area (TPSA) is 41.1 Å². The normalized spacial score (nSPS) is 12.2. The minimum absolute atomic E-state index is 0.00248.